The van der Waals surface area contributed by atoms with Crippen LogP contribution in [-0.2, 0) is 15.8 Å². The Hall–Kier alpha value is -1.78. The van der Waals surface area contributed by atoms with Crippen LogP contribution in [-0.4, -0.2) is 34.0 Å². The van der Waals surface area contributed by atoms with Crippen LogP contribution in [0.2, 0.25) is 0 Å². The van der Waals surface area contributed by atoms with Crippen molar-refractivity contribution >= 4 is 19.8 Å². The van der Waals surface area contributed by atoms with Gasteiger partial charge in [-0.25, -0.2) is 9.59 Å². The summed E-state index contributed by atoms with van der Waals surface area (Å²) in [7, 11) is 8.02. The van der Waals surface area contributed by atoms with E-state index in [9.17, 15) is 9.59 Å². The Labute approximate surface area is 95.0 Å². The Morgan fingerprint density at radius 2 is 1.81 bits per heavy atom. The van der Waals surface area contributed by atoms with Gasteiger partial charge in [0.2, 0.25) is 0 Å². The molecule has 0 N–H and O–H groups in total. The highest BCUT2D eigenvalue weighted by Crippen LogP contribution is 2.14. The molecule has 1 aromatic carbocycles. The van der Waals surface area contributed by atoms with Gasteiger partial charge in [0, 0.05) is 0 Å². The fourth-order valence-electron chi connectivity index (χ4n) is 1.30. The Bertz CT molecular complexity index is 414. The molecule has 0 aliphatic carbocycles. The summed E-state index contributed by atoms with van der Waals surface area (Å²) in [5.41, 5.74) is 1.20. The van der Waals surface area contributed by atoms with Gasteiger partial charge in [-0.2, -0.15) is 0 Å². The summed E-state index contributed by atoms with van der Waals surface area (Å²) in [4.78, 5) is 22.7. The maximum atomic E-state index is 11.4. The second-order valence-electron chi connectivity index (χ2n) is 3.06. The summed E-state index contributed by atoms with van der Waals surface area (Å²) in [6, 6.07) is 4.58. The maximum Gasteiger partial charge on any atom is 0.338 e. The molecule has 0 bridgehead atoms. The largest absolute Gasteiger partial charge is 0.465 e. The molecular weight excluding hydrogens is 207 g/mol. The third kappa shape index (κ3) is 2.42. The molecule has 0 aromatic heterocycles. The van der Waals surface area contributed by atoms with Crippen molar-refractivity contribution in [2.24, 2.45) is 0 Å². The lowest BCUT2D eigenvalue weighted by atomic mass is 9.92. The highest BCUT2D eigenvalue weighted by Gasteiger charge is 2.14. The van der Waals surface area contributed by atoms with Gasteiger partial charge in [0.1, 0.15) is 0 Å². The van der Waals surface area contributed by atoms with Gasteiger partial charge in [-0.15, -0.1) is 0 Å². The first-order valence-electron chi connectivity index (χ1n) is 4.63. The molecule has 5 heteroatoms. The molecule has 0 saturated carbocycles. The van der Waals surface area contributed by atoms with Crippen LogP contribution in [0.15, 0.2) is 18.2 Å². The summed E-state index contributed by atoms with van der Waals surface area (Å²) in [5, 5.41) is 0. The van der Waals surface area contributed by atoms with Gasteiger partial charge in [-0.05, 0) is 17.7 Å². The number of hydrogen-bond acceptors (Lipinski definition) is 4. The topological polar surface area (TPSA) is 52.6 Å². The molecule has 0 aliphatic rings. The highest BCUT2D eigenvalue weighted by atomic mass is 16.5. The molecule has 0 amide bonds. The summed E-state index contributed by atoms with van der Waals surface area (Å²) >= 11 is 0. The van der Waals surface area contributed by atoms with Gasteiger partial charge in [-0.3, -0.25) is 0 Å². The molecule has 82 valence electrons. The predicted molar refractivity (Wildman–Crippen MR) is 58.6 cm³/mol. The summed E-state index contributed by atoms with van der Waals surface area (Å²) in [6.45, 7) is 0. The van der Waals surface area contributed by atoms with Crippen molar-refractivity contribution in [2.75, 3.05) is 14.2 Å². The summed E-state index contributed by atoms with van der Waals surface area (Å²) in [6.07, 6.45) is 0.200. The average Bonchev–Trinajstić information content (AvgIpc) is 2.35. The number of carbonyl (C=O) groups excluding carboxylic acids is 2. The van der Waals surface area contributed by atoms with Gasteiger partial charge in [0.25, 0.3) is 0 Å². The molecule has 0 unspecified atom stereocenters. The number of rotatable bonds is 3. The second kappa shape index (κ2) is 5.35. The maximum absolute atomic E-state index is 11.4. The van der Waals surface area contributed by atoms with Crippen molar-refractivity contribution in [3.05, 3.63) is 34.9 Å². The minimum absolute atomic E-state index is 0.200. The molecule has 0 heterocycles. The van der Waals surface area contributed by atoms with Crippen LogP contribution >= 0.6 is 0 Å². The van der Waals surface area contributed by atoms with Crippen molar-refractivity contribution in [3.8, 4) is 0 Å². The third-order valence-corrected chi connectivity index (χ3v) is 2.16. The number of ether oxygens (including phenoxy) is 2. The first-order chi connectivity index (χ1) is 7.63. The lowest BCUT2D eigenvalue weighted by Gasteiger charge is -2.07. The molecule has 0 saturated heterocycles. The molecule has 1 aromatic rings. The number of hydrogen-bond donors (Lipinski definition) is 0. The third-order valence-electron chi connectivity index (χ3n) is 2.16. The molecule has 0 fully saturated rings. The van der Waals surface area contributed by atoms with Crippen molar-refractivity contribution in [2.45, 2.75) is 6.32 Å². The zero-order chi connectivity index (χ0) is 12.1. The van der Waals surface area contributed by atoms with E-state index in [0.717, 1.165) is 0 Å². The molecule has 0 atom stereocenters. The summed E-state index contributed by atoms with van der Waals surface area (Å²) < 4.78 is 9.16. The SMILES string of the molecule is [B]Cc1ccc(C(=O)OC)cc1C(=O)OC. The minimum atomic E-state index is -0.522. The van der Waals surface area contributed by atoms with E-state index in [0.29, 0.717) is 11.1 Å². The van der Waals surface area contributed by atoms with Crippen LogP contribution in [0.4, 0.5) is 0 Å². The van der Waals surface area contributed by atoms with Crippen molar-refractivity contribution < 1.29 is 19.1 Å². The fraction of sp³-hybridized carbons (Fsp3) is 0.273. The van der Waals surface area contributed by atoms with E-state index in [1.54, 1.807) is 12.1 Å². The van der Waals surface area contributed by atoms with E-state index in [2.05, 4.69) is 9.47 Å². The molecule has 4 nitrogen and oxygen atoms in total. The van der Waals surface area contributed by atoms with Crippen LogP contribution in [0.1, 0.15) is 26.3 Å². The normalized spacial score (nSPS) is 9.62. The van der Waals surface area contributed by atoms with Crippen LogP contribution in [0.3, 0.4) is 0 Å². The quantitative estimate of drug-likeness (QED) is 0.559. The van der Waals surface area contributed by atoms with Gasteiger partial charge in [0.15, 0.2) is 0 Å². The van der Waals surface area contributed by atoms with Gasteiger partial charge in [-0.1, -0.05) is 12.4 Å². The fourth-order valence-corrected chi connectivity index (χ4v) is 1.30. The van der Waals surface area contributed by atoms with Crippen LogP contribution in [0.25, 0.3) is 0 Å². The van der Waals surface area contributed by atoms with E-state index in [1.807, 2.05) is 0 Å². The lowest BCUT2D eigenvalue weighted by Crippen LogP contribution is -2.09. The molecule has 0 aliphatic heterocycles. The standard InChI is InChI=1S/C11H11BO4/c1-15-10(13)7-3-4-8(6-12)9(5-7)11(14)16-2/h3-5H,6H2,1-2H3. The Balaban J connectivity index is 3.21. The Morgan fingerprint density at radius 1 is 1.19 bits per heavy atom. The lowest BCUT2D eigenvalue weighted by molar-refractivity contribution is 0.0598. The first-order valence-corrected chi connectivity index (χ1v) is 4.63. The monoisotopic (exact) mass is 218 g/mol. The summed E-state index contributed by atoms with van der Waals surface area (Å²) in [5.74, 6) is -1.03. The first kappa shape index (κ1) is 12.3. The predicted octanol–water partition coefficient (Wildman–Crippen LogP) is 0.928. The molecule has 1 rings (SSSR count). The van der Waals surface area contributed by atoms with Crippen molar-refractivity contribution in [3.63, 3.8) is 0 Å². The molecule has 2 radical (unpaired) electrons. The van der Waals surface area contributed by atoms with Crippen molar-refractivity contribution in [1.82, 2.24) is 0 Å². The van der Waals surface area contributed by atoms with Gasteiger partial charge < -0.3 is 9.47 Å². The minimum Gasteiger partial charge on any atom is -0.465 e. The molecule has 0 spiro atoms. The molecular formula is C11H11BO4. The van der Waals surface area contributed by atoms with E-state index >= 15 is 0 Å². The van der Waals surface area contributed by atoms with Crippen LogP contribution in [0, 0.1) is 0 Å². The smallest absolute Gasteiger partial charge is 0.338 e. The average molecular weight is 218 g/mol. The zero-order valence-electron chi connectivity index (χ0n) is 9.15. The van der Waals surface area contributed by atoms with E-state index in [4.69, 9.17) is 7.85 Å². The Kier molecular flexibility index (Phi) is 4.11. The Morgan fingerprint density at radius 3 is 2.31 bits per heavy atom. The van der Waals surface area contributed by atoms with E-state index < -0.39 is 11.9 Å². The number of benzene rings is 1. The zero-order valence-corrected chi connectivity index (χ0v) is 9.15. The van der Waals surface area contributed by atoms with Crippen LogP contribution in [0.5, 0.6) is 0 Å². The van der Waals surface area contributed by atoms with Crippen molar-refractivity contribution in [1.29, 1.82) is 0 Å². The molecule has 16 heavy (non-hydrogen) atoms. The number of methoxy groups -OCH3 is 2. The van der Waals surface area contributed by atoms with Crippen LogP contribution < -0.4 is 0 Å². The highest BCUT2D eigenvalue weighted by molar-refractivity contribution is 6.09. The number of esters is 2. The van der Waals surface area contributed by atoms with Gasteiger partial charge in [0.05, 0.1) is 33.2 Å². The van der Waals surface area contributed by atoms with Gasteiger partial charge >= 0.3 is 11.9 Å². The van der Waals surface area contributed by atoms with E-state index in [1.165, 1.54) is 20.3 Å². The van der Waals surface area contributed by atoms with E-state index in [-0.39, 0.29) is 11.9 Å². The number of carbonyl (C=O) groups is 2. The second-order valence-corrected chi connectivity index (χ2v) is 3.06.